The molecule has 0 saturated heterocycles. The van der Waals surface area contributed by atoms with Gasteiger partial charge in [-0.3, -0.25) is 4.79 Å². The van der Waals surface area contributed by atoms with Gasteiger partial charge in [0.1, 0.15) is 5.78 Å². The monoisotopic (exact) mass is 264 g/mol. The third-order valence-corrected chi connectivity index (χ3v) is 4.02. The summed E-state index contributed by atoms with van der Waals surface area (Å²) in [7, 11) is 0. The second kappa shape index (κ2) is 10.2. The first-order chi connectivity index (χ1) is 8.83. The summed E-state index contributed by atoms with van der Waals surface area (Å²) in [5, 5.41) is 0. The molecule has 1 aromatic carbocycles. The molecule has 0 radical (unpaired) electrons. The van der Waals surface area contributed by atoms with Gasteiger partial charge in [0.25, 0.3) is 0 Å². The normalized spacial score (nSPS) is 10.5. The van der Waals surface area contributed by atoms with Crippen LogP contribution in [0.15, 0.2) is 35.2 Å². The van der Waals surface area contributed by atoms with Crippen LogP contribution >= 0.6 is 11.8 Å². The minimum Gasteiger partial charge on any atom is -0.299 e. The van der Waals surface area contributed by atoms with Crippen molar-refractivity contribution >= 4 is 17.5 Å². The van der Waals surface area contributed by atoms with Gasteiger partial charge in [-0.2, -0.15) is 0 Å². The molecule has 0 fully saturated rings. The predicted octanol–water partition coefficient (Wildman–Crippen LogP) is 5.10. The van der Waals surface area contributed by atoms with E-state index >= 15 is 0 Å². The third kappa shape index (κ3) is 7.54. The second-order valence-corrected chi connectivity index (χ2v) is 5.71. The number of carbonyl (C=O) groups is 1. The van der Waals surface area contributed by atoms with Crippen LogP contribution in [0.2, 0.25) is 0 Å². The van der Waals surface area contributed by atoms with Crippen molar-refractivity contribution in [1.82, 2.24) is 0 Å². The van der Waals surface area contributed by atoms with E-state index in [2.05, 4.69) is 19.1 Å². The number of ketones is 1. The molecular weight excluding hydrogens is 240 g/mol. The highest BCUT2D eigenvalue weighted by Gasteiger charge is 2.02. The maximum absolute atomic E-state index is 11.7. The van der Waals surface area contributed by atoms with Gasteiger partial charge in [0.05, 0.1) is 5.75 Å². The lowest BCUT2D eigenvalue weighted by atomic mass is 10.1. The maximum Gasteiger partial charge on any atom is 0.143 e. The Morgan fingerprint density at radius 2 is 1.67 bits per heavy atom. The summed E-state index contributed by atoms with van der Waals surface area (Å²) in [4.78, 5) is 12.9. The van der Waals surface area contributed by atoms with Gasteiger partial charge >= 0.3 is 0 Å². The van der Waals surface area contributed by atoms with Gasteiger partial charge in [-0.15, -0.1) is 11.8 Å². The molecule has 100 valence electrons. The molecule has 1 rings (SSSR count). The standard InChI is InChI=1S/C16H24OS/c1-2-3-4-5-6-8-11-15(17)14-18-16-12-9-7-10-13-16/h7,9-10,12-13H,2-6,8,11,14H2,1H3. The van der Waals surface area contributed by atoms with Crippen molar-refractivity contribution in [2.45, 2.75) is 56.8 Å². The maximum atomic E-state index is 11.7. The van der Waals surface area contributed by atoms with Crippen molar-refractivity contribution in [3.63, 3.8) is 0 Å². The molecule has 18 heavy (non-hydrogen) atoms. The number of hydrogen-bond acceptors (Lipinski definition) is 2. The lowest BCUT2D eigenvalue weighted by Crippen LogP contribution is -2.00. The van der Waals surface area contributed by atoms with Crippen LogP contribution in [0.25, 0.3) is 0 Å². The summed E-state index contributed by atoms with van der Waals surface area (Å²) in [6.45, 7) is 2.23. The van der Waals surface area contributed by atoms with Crippen molar-refractivity contribution in [3.8, 4) is 0 Å². The third-order valence-electron chi connectivity index (χ3n) is 2.95. The van der Waals surface area contributed by atoms with Gasteiger partial charge in [0.15, 0.2) is 0 Å². The molecule has 0 aromatic heterocycles. The highest BCUT2D eigenvalue weighted by molar-refractivity contribution is 8.00. The number of Topliss-reactive ketones (excluding diaryl/α,β-unsaturated/α-hetero) is 1. The van der Waals surface area contributed by atoms with Crippen LogP contribution in [0, 0.1) is 0 Å². The van der Waals surface area contributed by atoms with E-state index < -0.39 is 0 Å². The Bertz CT molecular complexity index is 321. The summed E-state index contributed by atoms with van der Waals surface area (Å²) < 4.78 is 0. The quantitative estimate of drug-likeness (QED) is 0.432. The van der Waals surface area contributed by atoms with Crippen molar-refractivity contribution in [3.05, 3.63) is 30.3 Å². The Morgan fingerprint density at radius 1 is 1.00 bits per heavy atom. The number of thioether (sulfide) groups is 1. The molecule has 0 heterocycles. The highest BCUT2D eigenvalue weighted by atomic mass is 32.2. The fourth-order valence-corrected chi connectivity index (χ4v) is 2.68. The first-order valence-electron chi connectivity index (χ1n) is 7.02. The number of unbranched alkanes of at least 4 members (excludes halogenated alkanes) is 5. The summed E-state index contributed by atoms with van der Waals surface area (Å²) >= 11 is 1.65. The average Bonchev–Trinajstić information content (AvgIpc) is 2.41. The van der Waals surface area contributed by atoms with Gasteiger partial charge in [-0.05, 0) is 18.6 Å². The minimum absolute atomic E-state index is 0.388. The number of carbonyl (C=O) groups excluding carboxylic acids is 1. The van der Waals surface area contributed by atoms with Crippen LogP contribution in [0.4, 0.5) is 0 Å². The first-order valence-corrected chi connectivity index (χ1v) is 8.01. The van der Waals surface area contributed by atoms with E-state index in [1.54, 1.807) is 11.8 Å². The molecule has 0 bridgehead atoms. The smallest absolute Gasteiger partial charge is 0.143 e. The minimum atomic E-state index is 0.388. The molecule has 0 aliphatic heterocycles. The average molecular weight is 264 g/mol. The van der Waals surface area contributed by atoms with E-state index in [0.29, 0.717) is 11.5 Å². The number of rotatable bonds is 10. The van der Waals surface area contributed by atoms with Crippen LogP contribution in [0.1, 0.15) is 51.9 Å². The molecule has 0 aliphatic rings. The predicted molar refractivity (Wildman–Crippen MR) is 80.2 cm³/mol. The van der Waals surface area contributed by atoms with Crippen LogP contribution in [0.3, 0.4) is 0 Å². The summed E-state index contributed by atoms with van der Waals surface area (Å²) in [5.74, 6) is 1.01. The molecule has 0 unspecified atom stereocenters. The summed E-state index contributed by atoms with van der Waals surface area (Å²) in [6.07, 6.45) is 8.26. The molecule has 0 N–H and O–H groups in total. The van der Waals surface area contributed by atoms with Crippen molar-refractivity contribution < 1.29 is 4.79 Å². The molecule has 0 spiro atoms. The molecule has 1 nitrogen and oxygen atoms in total. The number of hydrogen-bond donors (Lipinski definition) is 0. The van der Waals surface area contributed by atoms with Crippen LogP contribution < -0.4 is 0 Å². The topological polar surface area (TPSA) is 17.1 Å². The Balaban J connectivity index is 2.01. The fourth-order valence-electron chi connectivity index (χ4n) is 1.86. The highest BCUT2D eigenvalue weighted by Crippen LogP contribution is 2.18. The lowest BCUT2D eigenvalue weighted by Gasteiger charge is -2.02. The van der Waals surface area contributed by atoms with Gasteiger partial charge in [0.2, 0.25) is 0 Å². The second-order valence-electron chi connectivity index (χ2n) is 4.66. The van der Waals surface area contributed by atoms with E-state index in [4.69, 9.17) is 0 Å². The largest absolute Gasteiger partial charge is 0.299 e. The van der Waals surface area contributed by atoms with Gasteiger partial charge in [-0.25, -0.2) is 0 Å². The fraction of sp³-hybridized carbons (Fsp3) is 0.562. The molecular formula is C16H24OS. The summed E-state index contributed by atoms with van der Waals surface area (Å²) in [6, 6.07) is 10.1. The Hall–Kier alpha value is -0.760. The molecule has 1 aromatic rings. The van der Waals surface area contributed by atoms with E-state index in [-0.39, 0.29) is 0 Å². The Kier molecular flexibility index (Phi) is 8.66. The van der Waals surface area contributed by atoms with E-state index in [9.17, 15) is 4.79 Å². The van der Waals surface area contributed by atoms with E-state index in [1.165, 1.54) is 37.0 Å². The van der Waals surface area contributed by atoms with Crippen molar-refractivity contribution in [2.24, 2.45) is 0 Å². The van der Waals surface area contributed by atoms with Gasteiger partial charge in [-0.1, -0.05) is 57.2 Å². The van der Waals surface area contributed by atoms with Crippen LogP contribution in [0.5, 0.6) is 0 Å². The van der Waals surface area contributed by atoms with Crippen molar-refractivity contribution in [2.75, 3.05) is 5.75 Å². The Morgan fingerprint density at radius 3 is 2.39 bits per heavy atom. The van der Waals surface area contributed by atoms with E-state index in [0.717, 1.165) is 12.8 Å². The zero-order valence-corrected chi connectivity index (χ0v) is 12.2. The SMILES string of the molecule is CCCCCCCCC(=O)CSc1ccccc1. The number of benzene rings is 1. The van der Waals surface area contributed by atoms with Gasteiger partial charge < -0.3 is 0 Å². The Labute approximate surface area is 115 Å². The molecule has 2 heteroatoms. The molecule has 0 atom stereocenters. The first kappa shape index (κ1) is 15.3. The zero-order valence-electron chi connectivity index (χ0n) is 11.4. The van der Waals surface area contributed by atoms with E-state index in [1.807, 2.05) is 18.2 Å². The summed E-state index contributed by atoms with van der Waals surface area (Å²) in [5.41, 5.74) is 0. The van der Waals surface area contributed by atoms with Crippen LogP contribution in [-0.4, -0.2) is 11.5 Å². The molecule has 0 amide bonds. The van der Waals surface area contributed by atoms with Crippen molar-refractivity contribution in [1.29, 1.82) is 0 Å². The zero-order chi connectivity index (χ0) is 13.1. The molecule has 0 saturated carbocycles. The van der Waals surface area contributed by atoms with Crippen LogP contribution in [-0.2, 0) is 4.79 Å². The van der Waals surface area contributed by atoms with Gasteiger partial charge in [0, 0.05) is 11.3 Å². The lowest BCUT2D eigenvalue weighted by molar-refractivity contribution is -0.116. The molecule has 0 aliphatic carbocycles.